The van der Waals surface area contributed by atoms with E-state index in [2.05, 4.69) is 26.1 Å². The second kappa shape index (κ2) is 6.65. The van der Waals surface area contributed by atoms with Gasteiger partial charge >= 0.3 is 0 Å². The highest BCUT2D eigenvalue weighted by atomic mass is 19.1. The van der Waals surface area contributed by atoms with Crippen LogP contribution in [0.1, 0.15) is 38.3 Å². The van der Waals surface area contributed by atoms with Gasteiger partial charge in [-0.15, -0.1) is 0 Å². The van der Waals surface area contributed by atoms with Crippen molar-refractivity contribution in [3.8, 4) is 6.07 Å². The molecule has 0 heterocycles. The molecule has 1 rings (SSSR count). The predicted octanol–water partition coefficient (Wildman–Crippen LogP) is 2.58. The van der Waals surface area contributed by atoms with E-state index in [1.54, 1.807) is 12.1 Å². The maximum absolute atomic E-state index is 13.2. The zero-order valence-electron chi connectivity index (χ0n) is 11.7. The van der Waals surface area contributed by atoms with Crippen LogP contribution in [0.4, 0.5) is 4.39 Å². The Morgan fingerprint density at radius 3 is 2.63 bits per heavy atom. The smallest absolute Gasteiger partial charge is 0.140 e. The molecule has 0 saturated carbocycles. The Kier molecular flexibility index (Phi) is 5.46. The van der Waals surface area contributed by atoms with E-state index in [9.17, 15) is 4.39 Å². The van der Waals surface area contributed by atoms with E-state index in [0.29, 0.717) is 13.0 Å². The zero-order valence-corrected chi connectivity index (χ0v) is 11.7. The zero-order chi connectivity index (χ0) is 14.5. The molecule has 0 aliphatic rings. The first-order chi connectivity index (χ1) is 8.88. The van der Waals surface area contributed by atoms with Gasteiger partial charge in [0, 0.05) is 19.2 Å². The standard InChI is InChI=1S/C15H21FN2O/c1-15(2,3)14(6-7-19)18-10-11-4-5-13(16)12(8-11)9-17/h4-5,8,14,18-19H,6-7,10H2,1-3H3/t14-/m0/s1. The topological polar surface area (TPSA) is 56.0 Å². The Morgan fingerprint density at radius 2 is 2.11 bits per heavy atom. The third-order valence-electron chi connectivity index (χ3n) is 3.17. The minimum atomic E-state index is -0.492. The molecule has 4 heteroatoms. The minimum absolute atomic E-state index is 0.0286. The third-order valence-corrected chi connectivity index (χ3v) is 3.17. The van der Waals surface area contributed by atoms with Crippen molar-refractivity contribution in [2.45, 2.75) is 39.8 Å². The SMILES string of the molecule is CC(C)(C)[C@H](CCO)NCc1ccc(F)c(C#N)c1. The molecule has 0 fully saturated rings. The molecular weight excluding hydrogens is 243 g/mol. The summed E-state index contributed by atoms with van der Waals surface area (Å²) >= 11 is 0. The fraction of sp³-hybridized carbons (Fsp3) is 0.533. The number of nitrogens with one attached hydrogen (secondary N) is 1. The molecule has 0 radical (unpaired) electrons. The number of rotatable bonds is 5. The minimum Gasteiger partial charge on any atom is -0.396 e. The van der Waals surface area contributed by atoms with Gasteiger partial charge < -0.3 is 10.4 Å². The number of nitrogens with zero attached hydrogens (tertiary/aromatic N) is 1. The summed E-state index contributed by atoms with van der Waals surface area (Å²) in [4.78, 5) is 0. The molecule has 0 unspecified atom stereocenters. The van der Waals surface area contributed by atoms with Crippen LogP contribution in [0.3, 0.4) is 0 Å². The van der Waals surface area contributed by atoms with Crippen molar-refractivity contribution < 1.29 is 9.50 Å². The summed E-state index contributed by atoms with van der Waals surface area (Å²) in [6.45, 7) is 6.99. The summed E-state index contributed by atoms with van der Waals surface area (Å²) in [6, 6.07) is 6.53. The predicted molar refractivity (Wildman–Crippen MR) is 72.9 cm³/mol. The Hall–Kier alpha value is -1.44. The van der Waals surface area contributed by atoms with Crippen molar-refractivity contribution >= 4 is 0 Å². The summed E-state index contributed by atoms with van der Waals surface area (Å²) in [5, 5.41) is 21.2. The van der Waals surface area contributed by atoms with Crippen molar-refractivity contribution in [2.24, 2.45) is 5.41 Å². The molecule has 104 valence electrons. The number of aliphatic hydroxyl groups is 1. The molecule has 0 spiro atoms. The van der Waals surface area contributed by atoms with Crippen LogP contribution in [0.25, 0.3) is 0 Å². The van der Waals surface area contributed by atoms with Gasteiger partial charge in [0.25, 0.3) is 0 Å². The van der Waals surface area contributed by atoms with Crippen molar-refractivity contribution in [1.29, 1.82) is 5.26 Å². The fourth-order valence-electron chi connectivity index (χ4n) is 1.98. The van der Waals surface area contributed by atoms with Crippen LogP contribution in [-0.2, 0) is 6.54 Å². The second-order valence-electron chi connectivity index (χ2n) is 5.74. The summed E-state index contributed by atoms with van der Waals surface area (Å²) in [6.07, 6.45) is 0.663. The number of halogens is 1. The molecule has 2 N–H and O–H groups in total. The van der Waals surface area contributed by atoms with Gasteiger partial charge in [-0.05, 0) is 29.5 Å². The third kappa shape index (κ3) is 4.62. The molecule has 0 amide bonds. The average Bonchev–Trinajstić information content (AvgIpc) is 2.34. The Morgan fingerprint density at radius 1 is 1.42 bits per heavy atom. The van der Waals surface area contributed by atoms with Crippen LogP contribution in [0.2, 0.25) is 0 Å². The van der Waals surface area contributed by atoms with Gasteiger partial charge in [0.1, 0.15) is 11.9 Å². The number of hydrogen-bond acceptors (Lipinski definition) is 3. The summed E-state index contributed by atoms with van der Waals surface area (Å²) < 4.78 is 13.2. The normalized spacial score (nSPS) is 13.1. The quantitative estimate of drug-likeness (QED) is 0.859. The van der Waals surface area contributed by atoms with E-state index in [1.807, 2.05) is 6.07 Å². The monoisotopic (exact) mass is 264 g/mol. The largest absolute Gasteiger partial charge is 0.396 e. The van der Waals surface area contributed by atoms with E-state index < -0.39 is 5.82 Å². The average molecular weight is 264 g/mol. The second-order valence-corrected chi connectivity index (χ2v) is 5.74. The lowest BCUT2D eigenvalue weighted by molar-refractivity contribution is 0.196. The lowest BCUT2D eigenvalue weighted by Crippen LogP contribution is -2.40. The van der Waals surface area contributed by atoms with Gasteiger partial charge in [0.15, 0.2) is 0 Å². The van der Waals surface area contributed by atoms with Crippen molar-refractivity contribution in [2.75, 3.05) is 6.61 Å². The molecule has 1 atom stereocenters. The maximum atomic E-state index is 13.2. The van der Waals surface area contributed by atoms with E-state index in [-0.39, 0.29) is 23.6 Å². The number of benzene rings is 1. The Balaban J connectivity index is 2.72. The summed E-state index contributed by atoms with van der Waals surface area (Å²) in [5.41, 5.74) is 0.958. The molecule has 0 bridgehead atoms. The lowest BCUT2D eigenvalue weighted by Gasteiger charge is -2.31. The molecule has 3 nitrogen and oxygen atoms in total. The van der Waals surface area contributed by atoms with Crippen molar-refractivity contribution in [3.63, 3.8) is 0 Å². The molecule has 19 heavy (non-hydrogen) atoms. The van der Waals surface area contributed by atoms with Crippen molar-refractivity contribution in [3.05, 3.63) is 35.1 Å². The summed E-state index contributed by atoms with van der Waals surface area (Å²) in [7, 11) is 0. The highest BCUT2D eigenvalue weighted by Crippen LogP contribution is 2.22. The Labute approximate surface area is 114 Å². The van der Waals surface area contributed by atoms with E-state index in [1.165, 1.54) is 6.07 Å². The summed E-state index contributed by atoms with van der Waals surface area (Å²) in [5.74, 6) is -0.492. The highest BCUT2D eigenvalue weighted by molar-refractivity contribution is 5.34. The van der Waals surface area contributed by atoms with Gasteiger partial charge in [0.2, 0.25) is 0 Å². The van der Waals surface area contributed by atoms with Gasteiger partial charge in [-0.1, -0.05) is 26.8 Å². The van der Waals surface area contributed by atoms with E-state index >= 15 is 0 Å². The first kappa shape index (κ1) is 15.6. The van der Waals surface area contributed by atoms with Crippen LogP contribution in [0, 0.1) is 22.6 Å². The van der Waals surface area contributed by atoms with E-state index in [0.717, 1.165) is 5.56 Å². The molecular formula is C15H21FN2O. The van der Waals surface area contributed by atoms with Crippen LogP contribution < -0.4 is 5.32 Å². The van der Waals surface area contributed by atoms with Crippen molar-refractivity contribution in [1.82, 2.24) is 5.32 Å². The molecule has 1 aromatic carbocycles. The maximum Gasteiger partial charge on any atom is 0.140 e. The van der Waals surface area contributed by atoms with E-state index in [4.69, 9.17) is 10.4 Å². The van der Waals surface area contributed by atoms with Gasteiger partial charge in [-0.3, -0.25) is 0 Å². The molecule has 0 saturated heterocycles. The van der Waals surface area contributed by atoms with Crippen LogP contribution in [0.5, 0.6) is 0 Å². The van der Waals surface area contributed by atoms with Crippen LogP contribution >= 0.6 is 0 Å². The van der Waals surface area contributed by atoms with Crippen LogP contribution in [0.15, 0.2) is 18.2 Å². The molecule has 0 aliphatic heterocycles. The molecule has 1 aromatic rings. The van der Waals surface area contributed by atoms with Gasteiger partial charge in [-0.2, -0.15) is 5.26 Å². The number of aliphatic hydroxyl groups excluding tert-OH is 1. The first-order valence-corrected chi connectivity index (χ1v) is 6.41. The molecule has 0 aliphatic carbocycles. The van der Waals surface area contributed by atoms with Gasteiger partial charge in [0.05, 0.1) is 5.56 Å². The molecule has 0 aromatic heterocycles. The number of nitriles is 1. The first-order valence-electron chi connectivity index (χ1n) is 6.41. The van der Waals surface area contributed by atoms with Crippen LogP contribution in [-0.4, -0.2) is 17.8 Å². The lowest BCUT2D eigenvalue weighted by atomic mass is 9.85. The number of hydrogen-bond donors (Lipinski definition) is 2. The highest BCUT2D eigenvalue weighted by Gasteiger charge is 2.23. The van der Waals surface area contributed by atoms with Gasteiger partial charge in [-0.25, -0.2) is 4.39 Å². The fourth-order valence-corrected chi connectivity index (χ4v) is 1.98. The Bertz CT molecular complexity index is 460.